The van der Waals surface area contributed by atoms with Crippen molar-refractivity contribution in [3.05, 3.63) is 69.9 Å². The second-order valence-electron chi connectivity index (χ2n) is 9.92. The maximum Gasteiger partial charge on any atom is 0.410 e. The fourth-order valence-electron chi connectivity index (χ4n) is 4.92. The molecule has 2 heterocycles. The summed E-state index contributed by atoms with van der Waals surface area (Å²) in [5, 5.41) is 1.89. The van der Waals surface area contributed by atoms with Gasteiger partial charge in [-0.05, 0) is 66.0 Å². The summed E-state index contributed by atoms with van der Waals surface area (Å²) in [6, 6.07) is 14.8. The number of rotatable bonds is 4. The minimum Gasteiger partial charge on any atom is -0.450 e. The van der Waals surface area contributed by atoms with Crippen LogP contribution < -0.4 is 0 Å². The lowest BCUT2D eigenvalue weighted by molar-refractivity contribution is 0.0717. The third-order valence-electron chi connectivity index (χ3n) is 6.55. The average Bonchev–Trinajstić information content (AvgIpc) is 3.10. The third-order valence-corrected chi connectivity index (χ3v) is 6.79. The Morgan fingerprint density at radius 3 is 2.59 bits per heavy atom. The molecule has 1 aliphatic heterocycles. The van der Waals surface area contributed by atoms with Gasteiger partial charge in [0.15, 0.2) is 0 Å². The van der Waals surface area contributed by atoms with Crippen LogP contribution in [0.3, 0.4) is 0 Å². The first kappa shape index (κ1) is 22.7. The largest absolute Gasteiger partial charge is 0.450 e. The average molecular weight is 453 g/mol. The van der Waals surface area contributed by atoms with Gasteiger partial charge in [0.1, 0.15) is 0 Å². The number of halogens is 1. The maximum atomic E-state index is 12.9. The van der Waals surface area contributed by atoms with Gasteiger partial charge in [0.05, 0.1) is 12.6 Å². The fraction of sp³-hybridized carbons (Fsp3) is 0.444. The Kier molecular flexibility index (Phi) is 6.26. The molecule has 1 aromatic heterocycles. The highest BCUT2D eigenvalue weighted by Gasteiger charge is 2.37. The molecule has 0 saturated carbocycles. The van der Waals surface area contributed by atoms with Crippen LogP contribution in [0.25, 0.3) is 10.9 Å². The maximum absolute atomic E-state index is 12.9. The van der Waals surface area contributed by atoms with E-state index in [9.17, 15) is 4.79 Å². The summed E-state index contributed by atoms with van der Waals surface area (Å²) >= 11 is 6.29. The standard InChI is InChI=1S/C27H33ClN2O2/c1-6-32-26(31)30-14-13-21-22-16-20(28)11-12-23(22)29-24(21)25(30)17(2)15-18-7-9-19(10-8-18)27(3,4)5/h7-12,16-17,25,29H,6,13-15H2,1-5H3. The number of hydrogen-bond donors (Lipinski definition) is 1. The van der Waals surface area contributed by atoms with Crippen LogP contribution in [0.15, 0.2) is 42.5 Å². The van der Waals surface area contributed by atoms with Crippen LogP contribution in [0.2, 0.25) is 5.02 Å². The normalized spacial score (nSPS) is 17.3. The number of aromatic amines is 1. The summed E-state index contributed by atoms with van der Waals surface area (Å²) in [5.41, 5.74) is 6.18. The SMILES string of the molecule is CCOC(=O)N1CCc2c([nH]c3ccc(Cl)cc23)C1C(C)Cc1ccc(C(C)(C)C)cc1. The van der Waals surface area contributed by atoms with Crippen LogP contribution in [0.1, 0.15) is 63.0 Å². The number of carbonyl (C=O) groups excluding carboxylic acids is 1. The molecule has 1 amide bonds. The Hall–Kier alpha value is -2.46. The van der Waals surface area contributed by atoms with Crippen molar-refractivity contribution in [3.63, 3.8) is 0 Å². The number of amides is 1. The van der Waals surface area contributed by atoms with Crippen LogP contribution >= 0.6 is 11.6 Å². The minimum absolute atomic E-state index is 0.0775. The van der Waals surface area contributed by atoms with Gasteiger partial charge in [-0.1, -0.05) is 63.6 Å². The molecule has 0 fully saturated rings. The van der Waals surface area contributed by atoms with Crippen LogP contribution in [0.4, 0.5) is 4.79 Å². The molecule has 0 aliphatic carbocycles. The van der Waals surface area contributed by atoms with E-state index in [1.54, 1.807) is 0 Å². The number of ether oxygens (including phenoxy) is 1. The molecule has 4 nitrogen and oxygen atoms in total. The molecule has 0 saturated heterocycles. The molecule has 170 valence electrons. The van der Waals surface area contributed by atoms with Gasteiger partial charge in [-0.3, -0.25) is 4.90 Å². The predicted octanol–water partition coefficient (Wildman–Crippen LogP) is 7.05. The number of nitrogens with one attached hydrogen (secondary N) is 1. The van der Waals surface area contributed by atoms with Crippen LogP contribution in [0, 0.1) is 5.92 Å². The van der Waals surface area contributed by atoms with Crippen molar-refractivity contribution in [2.75, 3.05) is 13.2 Å². The van der Waals surface area contributed by atoms with E-state index in [1.807, 2.05) is 30.0 Å². The number of carbonyl (C=O) groups is 1. The second-order valence-corrected chi connectivity index (χ2v) is 10.4. The molecule has 4 rings (SSSR count). The molecule has 0 bridgehead atoms. The first-order valence-corrected chi connectivity index (χ1v) is 11.9. The highest BCUT2D eigenvalue weighted by molar-refractivity contribution is 6.31. The van der Waals surface area contributed by atoms with Gasteiger partial charge < -0.3 is 9.72 Å². The van der Waals surface area contributed by atoms with Gasteiger partial charge in [0.25, 0.3) is 0 Å². The molecule has 5 heteroatoms. The molecule has 1 N–H and O–H groups in total. The second kappa shape index (κ2) is 8.82. The smallest absolute Gasteiger partial charge is 0.410 e. The molecule has 1 aliphatic rings. The Morgan fingerprint density at radius 1 is 1.22 bits per heavy atom. The monoisotopic (exact) mass is 452 g/mol. The van der Waals surface area contributed by atoms with E-state index in [2.05, 4.69) is 56.9 Å². The van der Waals surface area contributed by atoms with E-state index in [-0.39, 0.29) is 23.5 Å². The first-order valence-electron chi connectivity index (χ1n) is 11.5. The zero-order valence-corrected chi connectivity index (χ0v) is 20.4. The van der Waals surface area contributed by atoms with Crippen molar-refractivity contribution in [3.8, 4) is 0 Å². The molecular weight excluding hydrogens is 420 g/mol. The highest BCUT2D eigenvalue weighted by Crippen LogP contribution is 2.40. The fourth-order valence-corrected chi connectivity index (χ4v) is 5.09. The molecule has 3 aromatic rings. The van der Waals surface area contributed by atoms with E-state index in [4.69, 9.17) is 16.3 Å². The van der Waals surface area contributed by atoms with E-state index in [0.717, 1.165) is 34.5 Å². The summed E-state index contributed by atoms with van der Waals surface area (Å²) in [6.45, 7) is 11.8. The van der Waals surface area contributed by atoms with Gasteiger partial charge in [-0.15, -0.1) is 0 Å². The summed E-state index contributed by atoms with van der Waals surface area (Å²) in [6.07, 6.45) is 1.42. The molecule has 0 radical (unpaired) electrons. The van der Waals surface area contributed by atoms with Crippen LogP contribution in [-0.4, -0.2) is 29.1 Å². The molecule has 0 spiro atoms. The Bertz CT molecular complexity index is 1110. The molecule has 2 unspecified atom stereocenters. The number of aromatic nitrogens is 1. The summed E-state index contributed by atoms with van der Waals surface area (Å²) in [4.78, 5) is 18.4. The molecule has 2 aromatic carbocycles. The number of nitrogens with zero attached hydrogens (tertiary/aromatic N) is 1. The number of fused-ring (bicyclic) bond motifs is 3. The van der Waals surface area contributed by atoms with Crippen molar-refractivity contribution in [1.29, 1.82) is 0 Å². The van der Waals surface area contributed by atoms with Crippen molar-refractivity contribution in [2.24, 2.45) is 5.92 Å². The van der Waals surface area contributed by atoms with Crippen molar-refractivity contribution in [2.45, 2.75) is 58.9 Å². The topological polar surface area (TPSA) is 45.3 Å². The predicted molar refractivity (Wildman–Crippen MR) is 131 cm³/mol. The van der Waals surface area contributed by atoms with Crippen molar-refractivity contribution < 1.29 is 9.53 Å². The lowest BCUT2D eigenvalue weighted by Gasteiger charge is -2.38. The summed E-state index contributed by atoms with van der Waals surface area (Å²) in [7, 11) is 0. The van der Waals surface area contributed by atoms with Gasteiger partial charge in [0, 0.05) is 28.2 Å². The van der Waals surface area contributed by atoms with E-state index < -0.39 is 0 Å². The number of benzene rings is 2. The lowest BCUT2D eigenvalue weighted by Crippen LogP contribution is -2.43. The summed E-state index contributed by atoms with van der Waals surface area (Å²) in [5.74, 6) is 0.211. The number of H-pyrrole nitrogens is 1. The lowest BCUT2D eigenvalue weighted by atomic mass is 9.84. The van der Waals surface area contributed by atoms with Gasteiger partial charge in [-0.25, -0.2) is 4.79 Å². The van der Waals surface area contributed by atoms with E-state index in [0.29, 0.717) is 13.2 Å². The first-order chi connectivity index (χ1) is 15.2. The third kappa shape index (κ3) is 4.38. The van der Waals surface area contributed by atoms with Crippen molar-refractivity contribution in [1.82, 2.24) is 9.88 Å². The zero-order chi connectivity index (χ0) is 23.0. The quantitative estimate of drug-likeness (QED) is 0.460. The van der Waals surface area contributed by atoms with Crippen LogP contribution in [0.5, 0.6) is 0 Å². The Balaban J connectivity index is 1.69. The highest BCUT2D eigenvalue weighted by atomic mass is 35.5. The zero-order valence-electron chi connectivity index (χ0n) is 19.7. The Morgan fingerprint density at radius 2 is 1.94 bits per heavy atom. The van der Waals surface area contributed by atoms with Crippen LogP contribution in [-0.2, 0) is 23.0 Å². The minimum atomic E-state index is -0.241. The Labute approximate surface area is 195 Å². The molecule has 32 heavy (non-hydrogen) atoms. The number of hydrogen-bond acceptors (Lipinski definition) is 2. The van der Waals surface area contributed by atoms with Gasteiger partial charge >= 0.3 is 6.09 Å². The molecule has 2 atom stereocenters. The van der Waals surface area contributed by atoms with E-state index >= 15 is 0 Å². The van der Waals surface area contributed by atoms with Gasteiger partial charge in [0.2, 0.25) is 0 Å². The summed E-state index contributed by atoms with van der Waals surface area (Å²) < 4.78 is 5.43. The molecular formula is C27H33ClN2O2. The van der Waals surface area contributed by atoms with Crippen molar-refractivity contribution >= 4 is 28.6 Å². The van der Waals surface area contributed by atoms with E-state index in [1.165, 1.54) is 16.7 Å². The van der Waals surface area contributed by atoms with Gasteiger partial charge in [-0.2, -0.15) is 0 Å².